The Labute approximate surface area is 177 Å². The molecule has 1 saturated heterocycles. The number of nitrogens with zero attached hydrogens (tertiary/aromatic N) is 3. The summed E-state index contributed by atoms with van der Waals surface area (Å²) in [6.07, 6.45) is 1.55. The fourth-order valence-corrected chi connectivity index (χ4v) is 3.75. The van der Waals surface area contributed by atoms with Crippen LogP contribution in [-0.4, -0.2) is 50.0 Å². The van der Waals surface area contributed by atoms with Gasteiger partial charge in [0.2, 0.25) is 0 Å². The van der Waals surface area contributed by atoms with Gasteiger partial charge in [-0.3, -0.25) is 0 Å². The molecule has 0 saturated carbocycles. The smallest absolute Gasteiger partial charge is 0.177 e. The monoisotopic (exact) mass is 435 g/mol. The second-order valence-electron chi connectivity index (χ2n) is 6.97. The van der Waals surface area contributed by atoms with Crippen molar-refractivity contribution in [3.63, 3.8) is 0 Å². The van der Waals surface area contributed by atoms with Gasteiger partial charge in [-0.2, -0.15) is 0 Å². The third-order valence-electron chi connectivity index (χ3n) is 5.03. The fourth-order valence-electron chi connectivity index (χ4n) is 3.59. The standard InChI is InChI=1S/C21H20ClF2N3O3/c1-11-10-27(4-5-30-11)21-13-7-17(22)25-9-12(13)6-14(26-21)18-19(23)15(28-2)8-16(29-3)20(18)24/h6-9,11H,4-5,10H2,1-3H3. The molecule has 0 spiro atoms. The van der Waals surface area contributed by atoms with E-state index in [1.165, 1.54) is 20.3 Å². The number of benzene rings is 1. The molecule has 1 aliphatic heterocycles. The Morgan fingerprint density at radius 3 is 2.47 bits per heavy atom. The number of morpholine rings is 1. The van der Waals surface area contributed by atoms with E-state index in [0.29, 0.717) is 36.1 Å². The summed E-state index contributed by atoms with van der Waals surface area (Å²) in [5.74, 6) is -1.43. The topological polar surface area (TPSA) is 56.7 Å². The Morgan fingerprint density at radius 2 is 1.83 bits per heavy atom. The molecule has 2 aromatic heterocycles. The van der Waals surface area contributed by atoms with Gasteiger partial charge in [-0.15, -0.1) is 0 Å². The van der Waals surface area contributed by atoms with Crippen LogP contribution in [0.2, 0.25) is 5.15 Å². The number of hydrogen-bond acceptors (Lipinski definition) is 6. The van der Waals surface area contributed by atoms with Crippen LogP contribution in [0.15, 0.2) is 24.4 Å². The molecule has 1 aliphatic rings. The van der Waals surface area contributed by atoms with Gasteiger partial charge >= 0.3 is 0 Å². The minimum atomic E-state index is -0.856. The van der Waals surface area contributed by atoms with Crippen molar-refractivity contribution < 1.29 is 23.0 Å². The number of fused-ring (bicyclic) bond motifs is 1. The maximum Gasteiger partial charge on any atom is 0.177 e. The molecule has 1 atom stereocenters. The summed E-state index contributed by atoms with van der Waals surface area (Å²) in [6, 6.07) is 4.44. The van der Waals surface area contributed by atoms with Gasteiger partial charge in [-0.05, 0) is 19.1 Å². The van der Waals surface area contributed by atoms with Gasteiger partial charge in [-0.25, -0.2) is 18.7 Å². The van der Waals surface area contributed by atoms with Crippen LogP contribution in [0, 0.1) is 11.6 Å². The van der Waals surface area contributed by atoms with Crippen LogP contribution in [-0.2, 0) is 4.74 Å². The molecule has 158 valence electrons. The van der Waals surface area contributed by atoms with E-state index >= 15 is 8.78 Å². The molecular weight excluding hydrogens is 416 g/mol. The summed E-state index contributed by atoms with van der Waals surface area (Å²) in [4.78, 5) is 10.8. The van der Waals surface area contributed by atoms with Crippen molar-refractivity contribution in [2.75, 3.05) is 38.8 Å². The lowest BCUT2D eigenvalue weighted by atomic mass is 10.0. The van der Waals surface area contributed by atoms with E-state index in [4.69, 9.17) is 25.8 Å². The predicted molar refractivity (Wildman–Crippen MR) is 111 cm³/mol. The summed E-state index contributed by atoms with van der Waals surface area (Å²) in [5, 5.41) is 1.70. The molecule has 9 heteroatoms. The van der Waals surface area contributed by atoms with Gasteiger partial charge in [0.15, 0.2) is 23.1 Å². The molecule has 3 aromatic rings. The lowest BCUT2D eigenvalue weighted by Crippen LogP contribution is -2.41. The highest BCUT2D eigenvalue weighted by atomic mass is 35.5. The van der Waals surface area contributed by atoms with Gasteiger partial charge in [-0.1, -0.05) is 11.6 Å². The number of pyridine rings is 2. The first-order chi connectivity index (χ1) is 14.4. The van der Waals surface area contributed by atoms with Crippen LogP contribution < -0.4 is 14.4 Å². The summed E-state index contributed by atoms with van der Waals surface area (Å²) in [5.41, 5.74) is -0.224. The number of anilines is 1. The molecule has 0 N–H and O–H groups in total. The van der Waals surface area contributed by atoms with Crippen molar-refractivity contribution in [3.8, 4) is 22.8 Å². The predicted octanol–water partition coefficient (Wildman–Crippen LogP) is 4.47. The summed E-state index contributed by atoms with van der Waals surface area (Å²) >= 11 is 6.11. The number of ether oxygens (including phenoxy) is 3. The van der Waals surface area contributed by atoms with E-state index in [1.54, 1.807) is 18.3 Å². The van der Waals surface area contributed by atoms with E-state index in [1.807, 2.05) is 11.8 Å². The second kappa shape index (κ2) is 8.20. The van der Waals surface area contributed by atoms with Crippen molar-refractivity contribution in [1.29, 1.82) is 0 Å². The first kappa shape index (κ1) is 20.6. The summed E-state index contributed by atoms with van der Waals surface area (Å²) in [7, 11) is 2.61. The third-order valence-corrected chi connectivity index (χ3v) is 5.24. The van der Waals surface area contributed by atoms with Crippen molar-refractivity contribution in [1.82, 2.24) is 9.97 Å². The molecule has 0 aliphatic carbocycles. The first-order valence-electron chi connectivity index (χ1n) is 9.36. The quantitative estimate of drug-likeness (QED) is 0.563. The number of rotatable bonds is 4. The lowest BCUT2D eigenvalue weighted by molar-refractivity contribution is 0.0530. The van der Waals surface area contributed by atoms with Gasteiger partial charge in [0.1, 0.15) is 11.0 Å². The highest BCUT2D eigenvalue weighted by Gasteiger charge is 2.26. The first-order valence-corrected chi connectivity index (χ1v) is 9.74. The van der Waals surface area contributed by atoms with Gasteiger partial charge in [0.05, 0.1) is 38.2 Å². The average molecular weight is 436 g/mol. The van der Waals surface area contributed by atoms with Crippen LogP contribution in [0.25, 0.3) is 22.0 Å². The van der Waals surface area contributed by atoms with E-state index in [9.17, 15) is 0 Å². The molecule has 1 aromatic carbocycles. The maximum atomic E-state index is 15.1. The Bertz CT molecular complexity index is 1080. The van der Waals surface area contributed by atoms with Crippen molar-refractivity contribution in [2.45, 2.75) is 13.0 Å². The Kier molecular flexibility index (Phi) is 5.62. The zero-order chi connectivity index (χ0) is 21.4. The van der Waals surface area contributed by atoms with E-state index in [0.717, 1.165) is 5.39 Å². The molecule has 6 nitrogen and oxygen atoms in total. The van der Waals surface area contributed by atoms with Crippen molar-refractivity contribution in [3.05, 3.63) is 41.2 Å². The Hall–Kier alpha value is -2.71. The molecule has 3 heterocycles. The van der Waals surface area contributed by atoms with Crippen LogP contribution in [0.4, 0.5) is 14.6 Å². The van der Waals surface area contributed by atoms with Crippen LogP contribution in [0.3, 0.4) is 0 Å². The fraction of sp³-hybridized carbons (Fsp3) is 0.333. The molecule has 0 amide bonds. The highest BCUT2D eigenvalue weighted by Crippen LogP contribution is 2.39. The highest BCUT2D eigenvalue weighted by molar-refractivity contribution is 6.30. The minimum absolute atomic E-state index is 0.0121. The molecule has 1 fully saturated rings. The zero-order valence-electron chi connectivity index (χ0n) is 16.7. The Morgan fingerprint density at radius 1 is 1.13 bits per heavy atom. The minimum Gasteiger partial charge on any atom is -0.494 e. The van der Waals surface area contributed by atoms with Gasteiger partial charge in [0, 0.05) is 36.1 Å². The van der Waals surface area contributed by atoms with E-state index in [2.05, 4.69) is 9.97 Å². The Balaban J connectivity index is 1.98. The summed E-state index contributed by atoms with van der Waals surface area (Å²) < 4.78 is 46.0. The summed E-state index contributed by atoms with van der Waals surface area (Å²) in [6.45, 7) is 3.64. The molecule has 4 rings (SSSR count). The molecular formula is C21H20ClF2N3O3. The van der Waals surface area contributed by atoms with Crippen LogP contribution in [0.5, 0.6) is 11.5 Å². The van der Waals surface area contributed by atoms with Crippen LogP contribution >= 0.6 is 11.6 Å². The van der Waals surface area contributed by atoms with Crippen LogP contribution in [0.1, 0.15) is 6.92 Å². The zero-order valence-corrected chi connectivity index (χ0v) is 17.5. The molecule has 0 bridgehead atoms. The lowest BCUT2D eigenvalue weighted by Gasteiger charge is -2.33. The number of halogens is 3. The SMILES string of the molecule is COc1cc(OC)c(F)c(-c2cc3cnc(Cl)cc3c(N3CCOC(C)C3)n2)c1F. The van der Waals surface area contributed by atoms with Gasteiger partial charge < -0.3 is 19.1 Å². The van der Waals surface area contributed by atoms with Crippen molar-refractivity contribution in [2.24, 2.45) is 0 Å². The molecule has 30 heavy (non-hydrogen) atoms. The second-order valence-corrected chi connectivity index (χ2v) is 7.36. The van der Waals surface area contributed by atoms with Gasteiger partial charge in [0.25, 0.3) is 0 Å². The third kappa shape index (κ3) is 3.61. The average Bonchev–Trinajstić information content (AvgIpc) is 2.73. The van der Waals surface area contributed by atoms with E-state index < -0.39 is 11.6 Å². The molecule has 1 unspecified atom stereocenters. The maximum absolute atomic E-state index is 15.1. The number of hydrogen-bond donors (Lipinski definition) is 0. The normalized spacial score (nSPS) is 16.7. The number of methoxy groups -OCH3 is 2. The van der Waals surface area contributed by atoms with Crippen molar-refractivity contribution >= 4 is 28.2 Å². The molecule has 0 radical (unpaired) electrons. The largest absolute Gasteiger partial charge is 0.494 e. The number of aromatic nitrogens is 2. The van der Waals surface area contributed by atoms with E-state index in [-0.39, 0.29) is 28.9 Å².